The van der Waals surface area contributed by atoms with Crippen LogP contribution in [0.2, 0.25) is 0 Å². The number of para-hydroxylation sites is 1. The number of hydrogen-bond donors (Lipinski definition) is 1. The summed E-state index contributed by atoms with van der Waals surface area (Å²) in [6.07, 6.45) is 3.07. The third kappa shape index (κ3) is 4.84. The lowest BCUT2D eigenvalue weighted by Gasteiger charge is -2.16. The first-order valence-corrected chi connectivity index (χ1v) is 9.92. The highest BCUT2D eigenvalue weighted by Crippen LogP contribution is 2.28. The Hall–Kier alpha value is -3.12. The van der Waals surface area contributed by atoms with Gasteiger partial charge in [0.1, 0.15) is 11.5 Å². The van der Waals surface area contributed by atoms with Crippen LogP contribution >= 0.6 is 0 Å². The van der Waals surface area contributed by atoms with Crippen molar-refractivity contribution in [3.8, 4) is 22.8 Å². The number of rotatable bonds is 6. The minimum atomic E-state index is 0.0386. The van der Waals surface area contributed by atoms with Gasteiger partial charge >= 0.3 is 0 Å². The van der Waals surface area contributed by atoms with Gasteiger partial charge < -0.3 is 10.1 Å². The van der Waals surface area contributed by atoms with E-state index in [0.717, 1.165) is 48.8 Å². The van der Waals surface area contributed by atoms with E-state index in [1.807, 2.05) is 66.3 Å². The SMILES string of the molecule is CC(=O)NC1CCN(Cc2cn(C)nc2-c2ccc(Oc3ccccc3)cc2)C1. The zero-order valence-electron chi connectivity index (χ0n) is 16.8. The lowest BCUT2D eigenvalue weighted by Crippen LogP contribution is -2.35. The molecule has 29 heavy (non-hydrogen) atoms. The second-order valence-corrected chi connectivity index (χ2v) is 7.54. The molecule has 0 saturated carbocycles. The van der Waals surface area contributed by atoms with E-state index in [9.17, 15) is 4.79 Å². The third-order valence-electron chi connectivity index (χ3n) is 5.08. The molecule has 6 heteroatoms. The summed E-state index contributed by atoms with van der Waals surface area (Å²) in [5.74, 6) is 1.66. The number of ether oxygens (including phenoxy) is 1. The monoisotopic (exact) mass is 390 g/mol. The highest BCUT2D eigenvalue weighted by atomic mass is 16.5. The van der Waals surface area contributed by atoms with Gasteiger partial charge in [-0.15, -0.1) is 0 Å². The number of nitrogens with one attached hydrogen (secondary N) is 1. The summed E-state index contributed by atoms with van der Waals surface area (Å²) in [6.45, 7) is 4.25. The van der Waals surface area contributed by atoms with E-state index in [0.29, 0.717) is 0 Å². The van der Waals surface area contributed by atoms with Crippen molar-refractivity contribution in [2.45, 2.75) is 25.9 Å². The fourth-order valence-corrected chi connectivity index (χ4v) is 3.82. The molecule has 2 heterocycles. The van der Waals surface area contributed by atoms with E-state index < -0.39 is 0 Å². The number of benzene rings is 2. The highest BCUT2D eigenvalue weighted by Gasteiger charge is 2.24. The summed E-state index contributed by atoms with van der Waals surface area (Å²) >= 11 is 0. The summed E-state index contributed by atoms with van der Waals surface area (Å²) in [7, 11) is 1.95. The van der Waals surface area contributed by atoms with Crippen molar-refractivity contribution < 1.29 is 9.53 Å². The van der Waals surface area contributed by atoms with E-state index in [-0.39, 0.29) is 11.9 Å². The highest BCUT2D eigenvalue weighted by molar-refractivity contribution is 5.73. The molecule has 3 aromatic rings. The van der Waals surface area contributed by atoms with Crippen LogP contribution in [0.25, 0.3) is 11.3 Å². The Morgan fingerprint density at radius 1 is 1.14 bits per heavy atom. The van der Waals surface area contributed by atoms with Crippen molar-refractivity contribution in [1.29, 1.82) is 0 Å². The third-order valence-corrected chi connectivity index (χ3v) is 5.08. The Morgan fingerprint density at radius 3 is 2.59 bits per heavy atom. The van der Waals surface area contributed by atoms with Gasteiger partial charge in [0.25, 0.3) is 0 Å². The van der Waals surface area contributed by atoms with Gasteiger partial charge in [0.15, 0.2) is 0 Å². The van der Waals surface area contributed by atoms with E-state index in [4.69, 9.17) is 4.74 Å². The molecule has 0 aliphatic carbocycles. The van der Waals surface area contributed by atoms with Crippen molar-refractivity contribution in [2.24, 2.45) is 7.05 Å². The molecule has 1 fully saturated rings. The van der Waals surface area contributed by atoms with Crippen LogP contribution in [-0.2, 0) is 18.4 Å². The van der Waals surface area contributed by atoms with Gasteiger partial charge in [-0.25, -0.2) is 0 Å². The van der Waals surface area contributed by atoms with Gasteiger partial charge in [0, 0.05) is 57.0 Å². The second-order valence-electron chi connectivity index (χ2n) is 7.54. The fraction of sp³-hybridized carbons (Fsp3) is 0.304. The molecule has 0 bridgehead atoms. The maximum absolute atomic E-state index is 11.3. The molecule has 1 aliphatic heterocycles. The molecular weight excluding hydrogens is 364 g/mol. The molecule has 6 nitrogen and oxygen atoms in total. The van der Waals surface area contributed by atoms with Gasteiger partial charge in [0.2, 0.25) is 5.91 Å². The summed E-state index contributed by atoms with van der Waals surface area (Å²) in [4.78, 5) is 13.7. The minimum absolute atomic E-state index is 0.0386. The van der Waals surface area contributed by atoms with Gasteiger partial charge in [-0.1, -0.05) is 18.2 Å². The van der Waals surface area contributed by atoms with E-state index in [1.54, 1.807) is 6.92 Å². The Bertz CT molecular complexity index is 966. The van der Waals surface area contributed by atoms with Crippen LogP contribution in [0.15, 0.2) is 60.8 Å². The molecule has 1 amide bonds. The standard InChI is InChI=1S/C23H26N4O2/c1-17(28)24-20-12-13-27(16-20)15-19-14-26(2)25-23(19)18-8-10-22(11-9-18)29-21-6-4-3-5-7-21/h3-11,14,20H,12-13,15-16H2,1-2H3,(H,24,28). The molecule has 150 valence electrons. The van der Waals surface area contributed by atoms with Crippen LogP contribution in [0, 0.1) is 0 Å². The van der Waals surface area contributed by atoms with Crippen LogP contribution < -0.4 is 10.1 Å². The number of aromatic nitrogens is 2. The Labute approximate surface area is 171 Å². The lowest BCUT2D eigenvalue weighted by molar-refractivity contribution is -0.119. The van der Waals surface area contributed by atoms with Crippen LogP contribution in [0.3, 0.4) is 0 Å². The molecular formula is C23H26N4O2. The van der Waals surface area contributed by atoms with Gasteiger partial charge in [-0.2, -0.15) is 5.10 Å². The lowest BCUT2D eigenvalue weighted by atomic mass is 10.1. The van der Waals surface area contributed by atoms with Crippen LogP contribution in [0.4, 0.5) is 0 Å². The first-order chi connectivity index (χ1) is 14.1. The number of amides is 1. The zero-order chi connectivity index (χ0) is 20.2. The number of nitrogens with zero attached hydrogens (tertiary/aromatic N) is 3. The van der Waals surface area contributed by atoms with Crippen molar-refractivity contribution in [3.05, 3.63) is 66.4 Å². The zero-order valence-corrected chi connectivity index (χ0v) is 16.8. The second kappa shape index (κ2) is 8.49. The van der Waals surface area contributed by atoms with Crippen LogP contribution in [0.5, 0.6) is 11.5 Å². The smallest absolute Gasteiger partial charge is 0.217 e. The van der Waals surface area contributed by atoms with E-state index in [2.05, 4.69) is 21.5 Å². The number of carbonyl (C=O) groups excluding carboxylic acids is 1. The summed E-state index contributed by atoms with van der Waals surface area (Å²) in [5, 5.41) is 7.70. The van der Waals surface area contributed by atoms with Crippen molar-refractivity contribution in [1.82, 2.24) is 20.0 Å². The molecule has 1 N–H and O–H groups in total. The minimum Gasteiger partial charge on any atom is -0.457 e. The molecule has 1 aliphatic rings. The van der Waals surface area contributed by atoms with Crippen LogP contribution in [-0.4, -0.2) is 39.7 Å². The molecule has 4 rings (SSSR count). The molecule has 1 saturated heterocycles. The topological polar surface area (TPSA) is 59.4 Å². The largest absolute Gasteiger partial charge is 0.457 e. The quantitative estimate of drug-likeness (QED) is 0.699. The van der Waals surface area contributed by atoms with E-state index in [1.165, 1.54) is 5.56 Å². The average molecular weight is 390 g/mol. The Kier molecular flexibility index (Phi) is 5.62. The Morgan fingerprint density at radius 2 is 1.86 bits per heavy atom. The molecule has 1 aromatic heterocycles. The summed E-state index contributed by atoms with van der Waals surface area (Å²) in [6, 6.07) is 18.1. The summed E-state index contributed by atoms with van der Waals surface area (Å²) in [5.41, 5.74) is 3.24. The number of carbonyl (C=O) groups is 1. The number of hydrogen-bond acceptors (Lipinski definition) is 4. The maximum atomic E-state index is 11.3. The molecule has 1 atom stereocenters. The number of likely N-dealkylation sites (tertiary alicyclic amines) is 1. The van der Waals surface area contributed by atoms with Crippen molar-refractivity contribution in [2.75, 3.05) is 13.1 Å². The van der Waals surface area contributed by atoms with Crippen molar-refractivity contribution in [3.63, 3.8) is 0 Å². The average Bonchev–Trinajstić information content (AvgIpc) is 3.29. The predicted molar refractivity (Wildman–Crippen MR) is 113 cm³/mol. The predicted octanol–water partition coefficient (Wildman–Crippen LogP) is 3.59. The maximum Gasteiger partial charge on any atom is 0.217 e. The molecule has 2 aromatic carbocycles. The molecule has 0 radical (unpaired) electrons. The first kappa shape index (κ1) is 19.2. The van der Waals surface area contributed by atoms with Gasteiger partial charge in [0.05, 0.1) is 5.69 Å². The Balaban J connectivity index is 1.46. The molecule has 1 unspecified atom stereocenters. The van der Waals surface area contributed by atoms with Gasteiger partial charge in [-0.3, -0.25) is 14.4 Å². The molecule has 0 spiro atoms. The van der Waals surface area contributed by atoms with E-state index >= 15 is 0 Å². The van der Waals surface area contributed by atoms with Crippen molar-refractivity contribution >= 4 is 5.91 Å². The fourth-order valence-electron chi connectivity index (χ4n) is 3.82. The normalized spacial score (nSPS) is 16.7. The first-order valence-electron chi connectivity index (χ1n) is 9.92. The number of aryl methyl sites for hydroxylation is 1. The van der Waals surface area contributed by atoms with Gasteiger partial charge in [-0.05, 0) is 42.8 Å². The van der Waals surface area contributed by atoms with Crippen LogP contribution in [0.1, 0.15) is 18.9 Å². The summed E-state index contributed by atoms with van der Waals surface area (Å²) < 4.78 is 7.75.